The summed E-state index contributed by atoms with van der Waals surface area (Å²) in [5, 5.41) is 11.4. The molecule has 1 N–H and O–H groups in total. The van der Waals surface area contributed by atoms with E-state index in [-0.39, 0.29) is 5.66 Å². The number of piperidine rings is 1. The lowest BCUT2D eigenvalue weighted by atomic mass is 9.97. The third-order valence-corrected chi connectivity index (χ3v) is 2.03. The van der Waals surface area contributed by atoms with Gasteiger partial charge in [-0.05, 0) is 13.5 Å². The third-order valence-electron chi connectivity index (χ3n) is 2.03. The van der Waals surface area contributed by atoms with Gasteiger partial charge < -0.3 is 5.32 Å². The summed E-state index contributed by atoms with van der Waals surface area (Å²) in [5.74, 6) is 0. The molecule has 9 heavy (non-hydrogen) atoms. The van der Waals surface area contributed by atoms with Gasteiger partial charge >= 0.3 is 0 Å². The molecule has 2 aliphatic heterocycles. The molecule has 0 aromatic heterocycles. The van der Waals surface area contributed by atoms with Crippen LogP contribution in [0.25, 0.3) is 0 Å². The molecular formula is C6H11N3. The molecule has 1 atom stereocenters. The van der Waals surface area contributed by atoms with Crippen molar-refractivity contribution in [3.8, 4) is 0 Å². The Morgan fingerprint density at radius 1 is 1.56 bits per heavy atom. The summed E-state index contributed by atoms with van der Waals surface area (Å²) >= 11 is 0. The number of rotatable bonds is 0. The van der Waals surface area contributed by atoms with Crippen LogP contribution in [0.15, 0.2) is 10.2 Å². The van der Waals surface area contributed by atoms with Crippen LogP contribution in [0.4, 0.5) is 0 Å². The first-order valence-corrected chi connectivity index (χ1v) is 3.48. The summed E-state index contributed by atoms with van der Waals surface area (Å²) in [4.78, 5) is 0. The van der Waals surface area contributed by atoms with Gasteiger partial charge in [-0.2, -0.15) is 10.2 Å². The van der Waals surface area contributed by atoms with Crippen LogP contribution in [0.2, 0.25) is 0 Å². The van der Waals surface area contributed by atoms with E-state index in [2.05, 4.69) is 22.5 Å². The van der Waals surface area contributed by atoms with Crippen LogP contribution in [0.3, 0.4) is 0 Å². The zero-order valence-electron chi connectivity index (χ0n) is 5.59. The maximum atomic E-state index is 4.03. The number of nitrogens with zero attached hydrogens (tertiary/aromatic N) is 2. The molecule has 1 saturated heterocycles. The standard InChI is InChI=1S/C6H11N3/c1-5-4-6(8-9-6)2-3-7-5/h5,7H,2-4H2,1H3/t5-/m0/s1. The van der Waals surface area contributed by atoms with E-state index < -0.39 is 0 Å². The number of hydrogen-bond donors (Lipinski definition) is 1. The van der Waals surface area contributed by atoms with Gasteiger partial charge in [0.25, 0.3) is 0 Å². The Morgan fingerprint density at radius 3 is 2.78 bits per heavy atom. The zero-order chi connectivity index (χ0) is 6.32. The Labute approximate surface area is 54.5 Å². The van der Waals surface area contributed by atoms with Crippen molar-refractivity contribution in [3.63, 3.8) is 0 Å². The second-order valence-corrected chi connectivity index (χ2v) is 2.99. The second kappa shape index (κ2) is 1.53. The fourth-order valence-electron chi connectivity index (χ4n) is 1.44. The van der Waals surface area contributed by atoms with Crippen molar-refractivity contribution in [2.24, 2.45) is 10.2 Å². The van der Waals surface area contributed by atoms with Gasteiger partial charge in [0.2, 0.25) is 0 Å². The highest BCUT2D eigenvalue weighted by molar-refractivity contribution is 4.99. The predicted molar refractivity (Wildman–Crippen MR) is 34.3 cm³/mol. The first kappa shape index (κ1) is 5.35. The molecule has 0 saturated carbocycles. The van der Waals surface area contributed by atoms with Crippen LogP contribution >= 0.6 is 0 Å². The van der Waals surface area contributed by atoms with E-state index >= 15 is 0 Å². The molecule has 0 bridgehead atoms. The van der Waals surface area contributed by atoms with Crippen LogP contribution in [-0.2, 0) is 0 Å². The highest BCUT2D eigenvalue weighted by Gasteiger charge is 2.42. The van der Waals surface area contributed by atoms with Crippen LogP contribution in [0, 0.1) is 0 Å². The molecule has 2 rings (SSSR count). The van der Waals surface area contributed by atoms with Gasteiger partial charge in [-0.15, -0.1) is 0 Å². The largest absolute Gasteiger partial charge is 0.314 e. The first-order chi connectivity index (χ1) is 4.31. The van der Waals surface area contributed by atoms with Crippen LogP contribution in [-0.4, -0.2) is 18.2 Å². The van der Waals surface area contributed by atoms with Crippen LogP contribution < -0.4 is 5.32 Å². The molecule has 0 aliphatic carbocycles. The summed E-state index contributed by atoms with van der Waals surface area (Å²) in [6, 6.07) is 0.605. The molecule has 0 aromatic rings. The second-order valence-electron chi connectivity index (χ2n) is 2.99. The van der Waals surface area contributed by atoms with Crippen molar-refractivity contribution >= 4 is 0 Å². The molecule has 2 heterocycles. The molecule has 50 valence electrons. The van der Waals surface area contributed by atoms with E-state index in [1.54, 1.807) is 0 Å². The van der Waals surface area contributed by atoms with Crippen molar-refractivity contribution in [2.45, 2.75) is 31.5 Å². The molecule has 0 radical (unpaired) electrons. The topological polar surface area (TPSA) is 36.8 Å². The average Bonchev–Trinajstić information content (AvgIpc) is 2.49. The molecule has 0 unspecified atom stereocenters. The minimum absolute atomic E-state index is 0.0880. The molecular weight excluding hydrogens is 114 g/mol. The normalized spacial score (nSPS) is 37.2. The van der Waals surface area contributed by atoms with Crippen molar-refractivity contribution < 1.29 is 0 Å². The van der Waals surface area contributed by atoms with Crippen LogP contribution in [0.5, 0.6) is 0 Å². The molecule has 1 spiro atoms. The Kier molecular flexibility index (Phi) is 0.913. The molecule has 3 heteroatoms. The van der Waals surface area contributed by atoms with Gasteiger partial charge in [0, 0.05) is 18.9 Å². The Bertz CT molecular complexity index is 146. The zero-order valence-corrected chi connectivity index (χ0v) is 5.59. The maximum Gasteiger partial charge on any atom is 0.193 e. The van der Waals surface area contributed by atoms with Gasteiger partial charge in [0.1, 0.15) is 0 Å². The minimum Gasteiger partial charge on any atom is -0.314 e. The third kappa shape index (κ3) is 0.852. The van der Waals surface area contributed by atoms with E-state index in [1.807, 2.05) is 0 Å². The molecule has 0 amide bonds. The quantitative estimate of drug-likeness (QED) is 0.513. The fourth-order valence-corrected chi connectivity index (χ4v) is 1.44. The van der Waals surface area contributed by atoms with Gasteiger partial charge in [-0.25, -0.2) is 0 Å². The molecule has 0 aromatic carbocycles. The Hall–Kier alpha value is -0.440. The Morgan fingerprint density at radius 2 is 2.33 bits per heavy atom. The van der Waals surface area contributed by atoms with Crippen molar-refractivity contribution in [3.05, 3.63) is 0 Å². The minimum atomic E-state index is 0.0880. The molecule has 3 nitrogen and oxygen atoms in total. The lowest BCUT2D eigenvalue weighted by molar-refractivity contribution is 0.345. The maximum absolute atomic E-state index is 4.03. The summed E-state index contributed by atoms with van der Waals surface area (Å²) < 4.78 is 0. The van der Waals surface area contributed by atoms with Crippen molar-refractivity contribution in [2.75, 3.05) is 6.54 Å². The van der Waals surface area contributed by atoms with Gasteiger partial charge in [0.05, 0.1) is 0 Å². The fraction of sp³-hybridized carbons (Fsp3) is 1.00. The van der Waals surface area contributed by atoms with E-state index in [0.717, 1.165) is 19.4 Å². The molecule has 1 fully saturated rings. The summed E-state index contributed by atoms with van der Waals surface area (Å²) in [6.45, 7) is 3.26. The highest BCUT2D eigenvalue weighted by atomic mass is 15.4. The summed E-state index contributed by atoms with van der Waals surface area (Å²) in [6.07, 6.45) is 2.21. The van der Waals surface area contributed by atoms with E-state index in [9.17, 15) is 0 Å². The van der Waals surface area contributed by atoms with E-state index in [4.69, 9.17) is 0 Å². The Balaban J connectivity index is 1.97. The van der Waals surface area contributed by atoms with Crippen molar-refractivity contribution in [1.82, 2.24) is 5.32 Å². The van der Waals surface area contributed by atoms with Gasteiger partial charge in [0.15, 0.2) is 5.66 Å². The van der Waals surface area contributed by atoms with E-state index in [1.165, 1.54) is 0 Å². The average molecular weight is 125 g/mol. The smallest absolute Gasteiger partial charge is 0.193 e. The monoisotopic (exact) mass is 125 g/mol. The predicted octanol–water partition coefficient (Wildman–Crippen LogP) is 0.920. The number of hydrogen-bond acceptors (Lipinski definition) is 3. The summed E-state index contributed by atoms with van der Waals surface area (Å²) in [7, 11) is 0. The lowest BCUT2D eigenvalue weighted by Crippen LogP contribution is -2.39. The number of nitrogens with one attached hydrogen (secondary N) is 1. The van der Waals surface area contributed by atoms with Gasteiger partial charge in [-0.1, -0.05) is 0 Å². The van der Waals surface area contributed by atoms with Crippen molar-refractivity contribution in [1.29, 1.82) is 0 Å². The lowest BCUT2D eigenvalue weighted by Gasteiger charge is -2.23. The van der Waals surface area contributed by atoms with Crippen LogP contribution in [0.1, 0.15) is 19.8 Å². The highest BCUT2D eigenvalue weighted by Crippen LogP contribution is 2.38. The SMILES string of the molecule is C[C@H]1CC2(CCN1)N=N2. The molecule has 2 aliphatic rings. The first-order valence-electron chi connectivity index (χ1n) is 3.48. The summed E-state index contributed by atoms with van der Waals surface area (Å²) in [5.41, 5.74) is 0.0880. The van der Waals surface area contributed by atoms with Gasteiger partial charge in [-0.3, -0.25) is 0 Å². The van der Waals surface area contributed by atoms with E-state index in [0.29, 0.717) is 6.04 Å².